The number of carbonyl (C=O) groups is 1. The summed E-state index contributed by atoms with van der Waals surface area (Å²) in [4.78, 5) is 15.6. The molecule has 2 fully saturated rings. The van der Waals surface area contributed by atoms with Crippen molar-refractivity contribution in [2.24, 2.45) is 0 Å². The lowest BCUT2D eigenvalue weighted by atomic mass is 9.79. The van der Waals surface area contributed by atoms with Crippen LogP contribution in [0.1, 0.15) is 56.9 Å². The van der Waals surface area contributed by atoms with Crippen molar-refractivity contribution in [1.29, 1.82) is 0 Å². The first-order valence-electron chi connectivity index (χ1n) is 11.3. The summed E-state index contributed by atoms with van der Waals surface area (Å²) in [5.74, 6) is 0.714. The summed E-state index contributed by atoms with van der Waals surface area (Å²) in [5, 5.41) is 10.5. The number of benzene rings is 1. The van der Waals surface area contributed by atoms with Crippen molar-refractivity contribution >= 4 is 18.1 Å². The van der Waals surface area contributed by atoms with Crippen LogP contribution < -0.4 is 5.32 Å². The lowest BCUT2D eigenvalue weighted by molar-refractivity contribution is -0.122. The van der Waals surface area contributed by atoms with Gasteiger partial charge in [0.15, 0.2) is 10.6 Å². The third-order valence-electron chi connectivity index (χ3n) is 6.76. The number of likely N-dealkylation sites (tertiary alicyclic amines) is 1. The van der Waals surface area contributed by atoms with E-state index in [1.54, 1.807) is 4.57 Å². The van der Waals surface area contributed by atoms with E-state index >= 15 is 0 Å². The molecule has 0 unspecified atom stereocenters. The normalized spacial score (nSPS) is 19.5. The summed E-state index contributed by atoms with van der Waals surface area (Å²) >= 11 is 5.41. The van der Waals surface area contributed by atoms with Gasteiger partial charge in [-0.15, -0.1) is 0 Å². The fraction of sp³-hybridized carbons (Fsp3) is 0.609. The number of amides is 1. The fourth-order valence-electron chi connectivity index (χ4n) is 5.11. The molecule has 1 aliphatic heterocycles. The molecule has 162 valence electrons. The Morgan fingerprint density at radius 1 is 1.17 bits per heavy atom. The topological polar surface area (TPSA) is 66.0 Å². The molecule has 4 rings (SSSR count). The molecule has 1 aromatic heterocycles. The van der Waals surface area contributed by atoms with Crippen molar-refractivity contribution in [1.82, 2.24) is 25.0 Å². The molecule has 0 radical (unpaired) electrons. The first-order valence-corrected chi connectivity index (χ1v) is 11.7. The van der Waals surface area contributed by atoms with E-state index < -0.39 is 0 Å². The number of nitrogens with zero attached hydrogens (tertiary/aromatic N) is 3. The first-order chi connectivity index (χ1) is 14.6. The molecule has 2 N–H and O–H groups in total. The van der Waals surface area contributed by atoms with Crippen LogP contribution in [-0.4, -0.2) is 50.7 Å². The van der Waals surface area contributed by atoms with E-state index in [9.17, 15) is 4.79 Å². The number of piperidine rings is 1. The van der Waals surface area contributed by atoms with Gasteiger partial charge >= 0.3 is 0 Å². The largest absolute Gasteiger partial charge is 0.353 e. The number of carbonyl (C=O) groups excluding carboxylic acids is 1. The summed E-state index contributed by atoms with van der Waals surface area (Å²) in [6, 6.07) is 8.11. The van der Waals surface area contributed by atoms with Gasteiger partial charge in [-0.25, -0.2) is 0 Å². The van der Waals surface area contributed by atoms with Crippen molar-refractivity contribution in [2.75, 3.05) is 19.6 Å². The van der Waals surface area contributed by atoms with Crippen molar-refractivity contribution < 1.29 is 4.79 Å². The van der Waals surface area contributed by atoms with Gasteiger partial charge in [-0.1, -0.05) is 49.4 Å². The highest BCUT2D eigenvalue weighted by molar-refractivity contribution is 7.71. The maximum atomic E-state index is 12.9. The minimum absolute atomic E-state index is 0.00311. The molecule has 1 saturated heterocycles. The molecule has 6 nitrogen and oxygen atoms in total. The number of aromatic amines is 1. The molecule has 1 aliphatic carbocycles. The number of nitrogens with one attached hydrogen (secondary N) is 2. The van der Waals surface area contributed by atoms with Gasteiger partial charge in [-0.05, 0) is 64.0 Å². The highest BCUT2D eigenvalue weighted by atomic mass is 32.1. The van der Waals surface area contributed by atoms with Crippen LogP contribution >= 0.6 is 12.2 Å². The van der Waals surface area contributed by atoms with Crippen molar-refractivity contribution in [2.45, 2.75) is 70.4 Å². The van der Waals surface area contributed by atoms with Gasteiger partial charge in [-0.2, -0.15) is 5.10 Å². The smallest absolute Gasteiger partial charge is 0.240 e. The molecule has 2 aliphatic rings. The SMILES string of the molecule is Cc1cccc(-c2n[nH]c(=S)n2CC(=O)NCC2(N3CCCCC3)CCCCC2)c1. The average molecular weight is 428 g/mol. The molecule has 0 spiro atoms. The molecule has 0 atom stereocenters. The van der Waals surface area contributed by atoms with E-state index in [0.29, 0.717) is 10.6 Å². The van der Waals surface area contributed by atoms with E-state index in [1.807, 2.05) is 25.1 Å². The quantitative estimate of drug-likeness (QED) is 0.678. The van der Waals surface area contributed by atoms with Crippen LogP contribution in [-0.2, 0) is 11.3 Å². The monoisotopic (exact) mass is 427 g/mol. The van der Waals surface area contributed by atoms with Gasteiger partial charge in [0.25, 0.3) is 0 Å². The Balaban J connectivity index is 1.46. The maximum Gasteiger partial charge on any atom is 0.240 e. The predicted octanol–water partition coefficient (Wildman–Crippen LogP) is 4.22. The molecular weight excluding hydrogens is 394 g/mol. The number of aromatic nitrogens is 3. The molecule has 1 aromatic carbocycles. The summed E-state index contributed by atoms with van der Waals surface area (Å²) in [7, 11) is 0. The van der Waals surface area contributed by atoms with Gasteiger partial charge < -0.3 is 5.32 Å². The number of aryl methyl sites for hydroxylation is 1. The van der Waals surface area contributed by atoms with E-state index in [0.717, 1.165) is 17.7 Å². The Bertz CT molecular complexity index is 922. The van der Waals surface area contributed by atoms with Crippen molar-refractivity contribution in [3.63, 3.8) is 0 Å². The molecule has 2 heterocycles. The molecule has 0 bridgehead atoms. The lowest BCUT2D eigenvalue weighted by Crippen LogP contribution is -2.58. The van der Waals surface area contributed by atoms with E-state index in [2.05, 4.69) is 26.5 Å². The lowest BCUT2D eigenvalue weighted by Gasteiger charge is -2.48. The minimum Gasteiger partial charge on any atom is -0.353 e. The molecule has 2 aromatic rings. The van der Waals surface area contributed by atoms with Crippen LogP contribution in [0.15, 0.2) is 24.3 Å². The van der Waals surface area contributed by atoms with E-state index in [-0.39, 0.29) is 18.0 Å². The van der Waals surface area contributed by atoms with Crippen LogP contribution in [0.4, 0.5) is 0 Å². The van der Waals surface area contributed by atoms with Gasteiger partial charge in [-0.3, -0.25) is 19.4 Å². The zero-order chi connectivity index (χ0) is 21.0. The standard InChI is InChI=1S/C23H33N5OS/c1-18-9-8-10-19(15-18)21-25-26-22(30)28(21)16-20(29)24-17-23(11-4-2-5-12-23)27-13-6-3-7-14-27/h8-10,15H,2-7,11-14,16-17H2,1H3,(H,24,29)(H,26,30). The molecule has 1 saturated carbocycles. The van der Waals surface area contributed by atoms with Gasteiger partial charge in [0.2, 0.25) is 5.91 Å². The maximum absolute atomic E-state index is 12.9. The third kappa shape index (κ3) is 4.67. The summed E-state index contributed by atoms with van der Waals surface area (Å²) in [6.07, 6.45) is 10.1. The zero-order valence-electron chi connectivity index (χ0n) is 18.0. The number of hydrogen-bond donors (Lipinski definition) is 2. The van der Waals surface area contributed by atoms with E-state index in [4.69, 9.17) is 12.2 Å². The summed E-state index contributed by atoms with van der Waals surface area (Å²) < 4.78 is 2.28. The Morgan fingerprint density at radius 3 is 2.63 bits per heavy atom. The molecule has 30 heavy (non-hydrogen) atoms. The van der Waals surface area contributed by atoms with E-state index in [1.165, 1.54) is 64.5 Å². The number of rotatable bonds is 6. The van der Waals surface area contributed by atoms with Crippen LogP contribution in [0.2, 0.25) is 0 Å². The van der Waals surface area contributed by atoms with Crippen LogP contribution in [0.5, 0.6) is 0 Å². The van der Waals surface area contributed by atoms with Crippen molar-refractivity contribution in [3.05, 3.63) is 34.6 Å². The van der Waals surface area contributed by atoms with Crippen LogP contribution in [0, 0.1) is 11.7 Å². The Labute approximate surface area is 184 Å². The van der Waals surface area contributed by atoms with Crippen LogP contribution in [0.25, 0.3) is 11.4 Å². The second kappa shape index (κ2) is 9.43. The number of H-pyrrole nitrogens is 1. The zero-order valence-corrected chi connectivity index (χ0v) is 18.8. The Hall–Kier alpha value is -1.99. The average Bonchev–Trinajstić information content (AvgIpc) is 3.14. The predicted molar refractivity (Wildman–Crippen MR) is 122 cm³/mol. The third-order valence-corrected chi connectivity index (χ3v) is 7.07. The molecule has 1 amide bonds. The van der Waals surface area contributed by atoms with Gasteiger partial charge in [0.1, 0.15) is 6.54 Å². The number of hydrogen-bond acceptors (Lipinski definition) is 4. The summed E-state index contributed by atoms with van der Waals surface area (Å²) in [5.41, 5.74) is 2.25. The second-order valence-electron chi connectivity index (χ2n) is 8.92. The summed E-state index contributed by atoms with van der Waals surface area (Å²) in [6.45, 7) is 5.30. The Morgan fingerprint density at radius 2 is 1.90 bits per heavy atom. The van der Waals surface area contributed by atoms with Gasteiger partial charge in [0.05, 0.1) is 0 Å². The Kier molecular flexibility index (Phi) is 6.68. The van der Waals surface area contributed by atoms with Gasteiger partial charge in [0, 0.05) is 17.6 Å². The minimum atomic E-state index is 0.00311. The fourth-order valence-corrected chi connectivity index (χ4v) is 5.31. The van der Waals surface area contributed by atoms with Crippen LogP contribution in [0.3, 0.4) is 0 Å². The van der Waals surface area contributed by atoms with Crippen molar-refractivity contribution in [3.8, 4) is 11.4 Å². The molecule has 7 heteroatoms. The highest BCUT2D eigenvalue weighted by Gasteiger charge is 2.38. The molecular formula is C23H33N5OS. The highest BCUT2D eigenvalue weighted by Crippen LogP contribution is 2.35. The first kappa shape index (κ1) is 21.2. The second-order valence-corrected chi connectivity index (χ2v) is 9.30.